The number of anilines is 3. The van der Waals surface area contributed by atoms with Crippen LogP contribution in [0.4, 0.5) is 30.5 Å². The quantitative estimate of drug-likeness (QED) is 0.491. The van der Waals surface area contributed by atoms with E-state index in [1.54, 1.807) is 16.2 Å². The zero-order chi connectivity index (χ0) is 25.7. The van der Waals surface area contributed by atoms with E-state index < -0.39 is 11.7 Å². The molecule has 0 spiro atoms. The average molecular weight is 527 g/mol. The topological polar surface area (TPSA) is 82.6 Å². The molecule has 12 heteroatoms. The van der Waals surface area contributed by atoms with Crippen molar-refractivity contribution in [3.05, 3.63) is 27.7 Å². The number of halogens is 3. The number of aryl methyl sites for hydroxylation is 1. The molecule has 2 aromatic rings. The molecular formula is C24H33F3N6O2S. The van der Waals surface area contributed by atoms with Crippen molar-refractivity contribution in [2.75, 3.05) is 63.6 Å². The second kappa shape index (κ2) is 11.7. The normalized spacial score (nSPS) is 18.4. The second-order valence-electron chi connectivity index (χ2n) is 9.34. The first-order valence-electron chi connectivity index (χ1n) is 12.3. The van der Waals surface area contributed by atoms with Gasteiger partial charge in [-0.05, 0) is 52.7 Å². The van der Waals surface area contributed by atoms with Crippen LogP contribution < -0.4 is 10.6 Å². The van der Waals surface area contributed by atoms with E-state index in [0.717, 1.165) is 48.4 Å². The molecule has 1 amide bonds. The predicted octanol–water partition coefficient (Wildman–Crippen LogP) is 4.47. The standard InChI is InChI=1S/C24H33F3N6O2S/c1-16-22(31-23(36-16)17-5-10-32(2)11-6-17)30-20-13-19(18(14-29-20)24(25,26)27)28-7-3-8-33-9-4-12-35-15-21(33)34/h13-14,17H,3-12,15H2,1-2H3,(H2,28,29,30). The number of alkyl halides is 3. The van der Waals surface area contributed by atoms with E-state index in [1.165, 1.54) is 6.07 Å². The lowest BCUT2D eigenvalue weighted by atomic mass is 9.98. The number of piperidine rings is 1. The molecular weight excluding hydrogens is 493 g/mol. The van der Waals surface area contributed by atoms with Gasteiger partial charge in [0.2, 0.25) is 5.91 Å². The number of carbonyl (C=O) groups excluding carboxylic acids is 1. The number of likely N-dealkylation sites (tertiary alicyclic amines) is 1. The number of aromatic nitrogens is 2. The zero-order valence-electron chi connectivity index (χ0n) is 20.7. The number of carbonyl (C=O) groups is 1. The first-order valence-corrected chi connectivity index (χ1v) is 13.1. The molecule has 0 saturated carbocycles. The Labute approximate surface area is 213 Å². The van der Waals surface area contributed by atoms with E-state index in [9.17, 15) is 18.0 Å². The number of hydrogen-bond donors (Lipinski definition) is 2. The van der Waals surface area contributed by atoms with Gasteiger partial charge >= 0.3 is 6.18 Å². The van der Waals surface area contributed by atoms with Crippen LogP contribution >= 0.6 is 11.3 Å². The van der Waals surface area contributed by atoms with Crippen LogP contribution in [0.3, 0.4) is 0 Å². The number of ether oxygens (including phenoxy) is 1. The number of nitrogens with one attached hydrogen (secondary N) is 2. The maximum absolute atomic E-state index is 13.6. The summed E-state index contributed by atoms with van der Waals surface area (Å²) in [4.78, 5) is 25.8. The van der Waals surface area contributed by atoms with Crippen LogP contribution in [0, 0.1) is 6.92 Å². The molecule has 4 rings (SSSR count). The maximum Gasteiger partial charge on any atom is 0.419 e. The van der Waals surface area contributed by atoms with Crippen LogP contribution in [-0.2, 0) is 15.7 Å². The lowest BCUT2D eigenvalue weighted by Crippen LogP contribution is -2.34. The first-order chi connectivity index (χ1) is 17.2. The molecule has 2 fully saturated rings. The number of pyridine rings is 1. The predicted molar refractivity (Wildman–Crippen MR) is 134 cm³/mol. The molecule has 4 heterocycles. The van der Waals surface area contributed by atoms with Crippen molar-refractivity contribution >= 4 is 34.6 Å². The second-order valence-corrected chi connectivity index (χ2v) is 10.6. The van der Waals surface area contributed by atoms with Crippen molar-refractivity contribution in [2.45, 2.75) is 44.7 Å². The fraction of sp³-hybridized carbons (Fsp3) is 0.625. The third-order valence-electron chi connectivity index (χ3n) is 6.55. The summed E-state index contributed by atoms with van der Waals surface area (Å²) in [6.45, 7) is 5.96. The van der Waals surface area contributed by atoms with Crippen LogP contribution in [0.15, 0.2) is 12.3 Å². The molecule has 0 aliphatic carbocycles. The van der Waals surface area contributed by atoms with Crippen molar-refractivity contribution in [2.24, 2.45) is 0 Å². The molecule has 8 nitrogen and oxygen atoms in total. The lowest BCUT2D eigenvalue weighted by Gasteiger charge is -2.27. The van der Waals surface area contributed by atoms with Crippen LogP contribution in [0.25, 0.3) is 0 Å². The number of hydrogen-bond acceptors (Lipinski definition) is 8. The molecule has 2 aromatic heterocycles. The van der Waals surface area contributed by atoms with Gasteiger partial charge in [-0.3, -0.25) is 4.79 Å². The molecule has 2 aliphatic rings. The van der Waals surface area contributed by atoms with Crippen molar-refractivity contribution in [3.8, 4) is 0 Å². The van der Waals surface area contributed by atoms with Crippen LogP contribution in [0.5, 0.6) is 0 Å². The fourth-order valence-corrected chi connectivity index (χ4v) is 5.49. The van der Waals surface area contributed by atoms with Crippen LogP contribution in [-0.4, -0.2) is 78.7 Å². The van der Waals surface area contributed by atoms with Gasteiger partial charge in [-0.25, -0.2) is 9.97 Å². The Kier molecular flexibility index (Phi) is 8.68. The summed E-state index contributed by atoms with van der Waals surface area (Å²) in [6, 6.07) is 1.38. The van der Waals surface area contributed by atoms with E-state index in [4.69, 9.17) is 9.72 Å². The van der Waals surface area contributed by atoms with E-state index in [0.29, 0.717) is 43.7 Å². The zero-order valence-corrected chi connectivity index (χ0v) is 21.5. The minimum Gasteiger partial charge on any atom is -0.384 e. The van der Waals surface area contributed by atoms with Crippen molar-refractivity contribution in [1.29, 1.82) is 0 Å². The summed E-state index contributed by atoms with van der Waals surface area (Å²) in [5, 5.41) is 7.08. The van der Waals surface area contributed by atoms with Crippen molar-refractivity contribution < 1.29 is 22.7 Å². The van der Waals surface area contributed by atoms with Gasteiger partial charge in [0, 0.05) is 49.3 Å². The highest BCUT2D eigenvalue weighted by molar-refractivity contribution is 7.12. The highest BCUT2D eigenvalue weighted by Gasteiger charge is 2.34. The highest BCUT2D eigenvalue weighted by Crippen LogP contribution is 2.37. The SMILES string of the molecule is Cc1sc(C2CCN(C)CC2)nc1Nc1cc(NCCCN2CCCOCC2=O)c(C(F)(F)F)cn1. The number of amides is 1. The monoisotopic (exact) mass is 526 g/mol. The van der Waals surface area contributed by atoms with Gasteiger partial charge in [-0.1, -0.05) is 0 Å². The Bertz CT molecular complexity index is 1040. The van der Waals surface area contributed by atoms with Crippen molar-refractivity contribution in [1.82, 2.24) is 19.8 Å². The third-order valence-corrected chi connectivity index (χ3v) is 7.69. The van der Waals surface area contributed by atoms with Gasteiger partial charge in [0.25, 0.3) is 0 Å². The van der Waals surface area contributed by atoms with Gasteiger partial charge in [0.1, 0.15) is 18.2 Å². The summed E-state index contributed by atoms with van der Waals surface area (Å²) >= 11 is 1.63. The largest absolute Gasteiger partial charge is 0.419 e. The maximum atomic E-state index is 13.6. The molecule has 0 unspecified atom stereocenters. The Balaban J connectivity index is 1.41. The summed E-state index contributed by atoms with van der Waals surface area (Å²) in [5.41, 5.74) is -0.872. The molecule has 36 heavy (non-hydrogen) atoms. The van der Waals surface area contributed by atoms with Crippen molar-refractivity contribution in [3.63, 3.8) is 0 Å². The molecule has 198 valence electrons. The Morgan fingerprint density at radius 2 is 2.03 bits per heavy atom. The van der Waals surface area contributed by atoms with Gasteiger partial charge in [0.15, 0.2) is 0 Å². The van der Waals surface area contributed by atoms with Crippen LogP contribution in [0.2, 0.25) is 0 Å². The minimum atomic E-state index is -4.54. The molecule has 0 aromatic carbocycles. The Hall–Kier alpha value is -2.44. The number of thiazole rings is 1. The van der Waals surface area contributed by atoms with Gasteiger partial charge in [-0.2, -0.15) is 13.2 Å². The third kappa shape index (κ3) is 6.86. The summed E-state index contributed by atoms with van der Waals surface area (Å²) in [6.07, 6.45) is -0.327. The van der Waals surface area contributed by atoms with E-state index in [-0.39, 0.29) is 24.7 Å². The first kappa shape index (κ1) is 26.6. The highest BCUT2D eigenvalue weighted by atomic mass is 32.1. The Morgan fingerprint density at radius 3 is 2.78 bits per heavy atom. The minimum absolute atomic E-state index is 0.0473. The molecule has 0 radical (unpaired) electrons. The molecule has 2 aliphatic heterocycles. The van der Waals surface area contributed by atoms with E-state index in [1.807, 2.05) is 6.92 Å². The molecule has 0 atom stereocenters. The molecule has 2 saturated heterocycles. The summed E-state index contributed by atoms with van der Waals surface area (Å²) in [7, 11) is 2.11. The Morgan fingerprint density at radius 1 is 1.25 bits per heavy atom. The summed E-state index contributed by atoms with van der Waals surface area (Å²) < 4.78 is 46.1. The number of nitrogens with zero attached hydrogens (tertiary/aromatic N) is 4. The van der Waals surface area contributed by atoms with Gasteiger partial charge < -0.3 is 25.2 Å². The molecule has 0 bridgehead atoms. The fourth-order valence-electron chi connectivity index (χ4n) is 4.44. The molecule has 2 N–H and O–H groups in total. The van der Waals surface area contributed by atoms with Crippen LogP contribution in [0.1, 0.15) is 47.0 Å². The van der Waals surface area contributed by atoms with Gasteiger partial charge in [0.05, 0.1) is 16.3 Å². The summed E-state index contributed by atoms with van der Waals surface area (Å²) in [5.74, 6) is 1.25. The van der Waals surface area contributed by atoms with Gasteiger partial charge in [-0.15, -0.1) is 11.3 Å². The van der Waals surface area contributed by atoms with E-state index >= 15 is 0 Å². The number of rotatable bonds is 8. The van der Waals surface area contributed by atoms with E-state index in [2.05, 4.69) is 27.6 Å². The lowest BCUT2D eigenvalue weighted by molar-refractivity contribution is -0.137. The average Bonchev–Trinajstić information content (AvgIpc) is 3.06. The smallest absolute Gasteiger partial charge is 0.384 e.